The number of ether oxygens (including phenoxy) is 1. The number of hydrogen-bond acceptors (Lipinski definition) is 5. The van der Waals surface area contributed by atoms with Crippen LogP contribution in [-0.2, 0) is 16.1 Å². The molecule has 7 heteroatoms. The fourth-order valence-corrected chi connectivity index (χ4v) is 3.64. The molecule has 0 radical (unpaired) electrons. The van der Waals surface area contributed by atoms with E-state index in [-0.39, 0.29) is 25.0 Å². The number of para-hydroxylation sites is 2. The summed E-state index contributed by atoms with van der Waals surface area (Å²) < 4.78 is 5.40. The summed E-state index contributed by atoms with van der Waals surface area (Å²) in [4.78, 5) is 30.5. The second-order valence-corrected chi connectivity index (χ2v) is 7.52. The van der Waals surface area contributed by atoms with E-state index in [0.29, 0.717) is 18.0 Å². The van der Waals surface area contributed by atoms with E-state index in [2.05, 4.69) is 10.3 Å². The highest BCUT2D eigenvalue weighted by molar-refractivity contribution is 7.09. The Morgan fingerprint density at radius 3 is 2.75 bits per heavy atom. The number of amides is 2. The summed E-state index contributed by atoms with van der Waals surface area (Å²) >= 11 is 1.62. The van der Waals surface area contributed by atoms with Gasteiger partial charge in [0.25, 0.3) is 5.91 Å². The molecule has 6 nitrogen and oxygen atoms in total. The van der Waals surface area contributed by atoms with Crippen molar-refractivity contribution < 1.29 is 14.3 Å². The first kappa shape index (κ1) is 18.2. The van der Waals surface area contributed by atoms with Crippen LogP contribution in [-0.4, -0.2) is 29.9 Å². The van der Waals surface area contributed by atoms with Crippen molar-refractivity contribution in [3.8, 4) is 17.0 Å². The zero-order chi connectivity index (χ0) is 19.5. The number of benzene rings is 2. The Balaban J connectivity index is 1.36. The minimum absolute atomic E-state index is 0.0324. The maximum Gasteiger partial charge on any atom is 0.265 e. The highest BCUT2D eigenvalue weighted by atomic mass is 32.1. The number of carbonyl (C=O) groups is 2. The van der Waals surface area contributed by atoms with Crippen molar-refractivity contribution in [2.45, 2.75) is 13.5 Å². The lowest BCUT2D eigenvalue weighted by molar-refractivity contribution is -0.125. The minimum atomic E-state index is -0.225. The Morgan fingerprint density at radius 2 is 2.00 bits per heavy atom. The van der Waals surface area contributed by atoms with Gasteiger partial charge in [0.1, 0.15) is 12.3 Å². The van der Waals surface area contributed by atoms with E-state index in [1.165, 1.54) is 4.90 Å². The quantitative estimate of drug-likeness (QED) is 0.723. The van der Waals surface area contributed by atoms with E-state index in [4.69, 9.17) is 4.74 Å². The first-order chi connectivity index (χ1) is 13.6. The predicted octanol–water partition coefficient (Wildman–Crippen LogP) is 3.16. The van der Waals surface area contributed by atoms with Gasteiger partial charge in [-0.3, -0.25) is 14.5 Å². The van der Waals surface area contributed by atoms with Gasteiger partial charge in [0.2, 0.25) is 5.91 Å². The lowest BCUT2D eigenvalue weighted by Crippen LogP contribution is -2.45. The van der Waals surface area contributed by atoms with Crippen LogP contribution in [0.2, 0.25) is 0 Å². The summed E-state index contributed by atoms with van der Waals surface area (Å²) in [5, 5.41) is 5.94. The molecular weight excluding hydrogens is 374 g/mol. The van der Waals surface area contributed by atoms with Crippen molar-refractivity contribution in [1.82, 2.24) is 10.3 Å². The van der Waals surface area contributed by atoms with Crippen LogP contribution in [0.3, 0.4) is 0 Å². The molecule has 2 aromatic carbocycles. The van der Waals surface area contributed by atoms with Gasteiger partial charge < -0.3 is 10.1 Å². The van der Waals surface area contributed by atoms with Crippen LogP contribution in [0.5, 0.6) is 5.75 Å². The van der Waals surface area contributed by atoms with Crippen molar-refractivity contribution in [2.75, 3.05) is 18.1 Å². The number of nitrogens with zero attached hydrogens (tertiary/aromatic N) is 2. The fraction of sp³-hybridized carbons (Fsp3) is 0.190. The zero-order valence-electron chi connectivity index (χ0n) is 15.3. The van der Waals surface area contributed by atoms with Crippen LogP contribution in [0.25, 0.3) is 11.3 Å². The predicted molar refractivity (Wildman–Crippen MR) is 108 cm³/mol. The van der Waals surface area contributed by atoms with E-state index in [1.807, 2.05) is 48.7 Å². The summed E-state index contributed by atoms with van der Waals surface area (Å²) in [5.74, 6) is 0.170. The molecule has 142 valence electrons. The smallest absolute Gasteiger partial charge is 0.265 e. The van der Waals surface area contributed by atoms with Crippen LogP contribution < -0.4 is 15.0 Å². The summed E-state index contributed by atoms with van der Waals surface area (Å²) in [7, 11) is 0. The average molecular weight is 393 g/mol. The molecule has 28 heavy (non-hydrogen) atoms. The average Bonchev–Trinajstić information content (AvgIpc) is 3.15. The lowest BCUT2D eigenvalue weighted by Gasteiger charge is -2.28. The Morgan fingerprint density at radius 1 is 1.21 bits per heavy atom. The number of fused-ring (bicyclic) bond motifs is 1. The second-order valence-electron chi connectivity index (χ2n) is 6.46. The summed E-state index contributed by atoms with van der Waals surface area (Å²) in [6, 6.07) is 15.2. The molecule has 1 N–H and O–H groups in total. The van der Waals surface area contributed by atoms with Crippen LogP contribution in [0.15, 0.2) is 53.9 Å². The van der Waals surface area contributed by atoms with Gasteiger partial charge in [-0.1, -0.05) is 36.4 Å². The Labute approximate surface area is 166 Å². The zero-order valence-corrected chi connectivity index (χ0v) is 16.2. The number of hydrogen-bond donors (Lipinski definition) is 1. The molecule has 0 bridgehead atoms. The monoisotopic (exact) mass is 393 g/mol. The van der Waals surface area contributed by atoms with E-state index in [9.17, 15) is 9.59 Å². The Kier molecular flexibility index (Phi) is 5.08. The molecule has 1 aliphatic heterocycles. The highest BCUT2D eigenvalue weighted by Gasteiger charge is 2.26. The SMILES string of the molecule is Cc1nc(-c2ccc(CNC(=O)CN3C(=O)COc4ccccc43)cc2)cs1. The first-order valence-corrected chi connectivity index (χ1v) is 9.78. The van der Waals surface area contributed by atoms with E-state index >= 15 is 0 Å². The molecule has 2 amide bonds. The van der Waals surface area contributed by atoms with Crippen LogP contribution >= 0.6 is 11.3 Å². The lowest BCUT2D eigenvalue weighted by atomic mass is 10.1. The molecule has 0 spiro atoms. The molecule has 0 unspecified atom stereocenters. The molecule has 1 aromatic heterocycles. The third-order valence-electron chi connectivity index (χ3n) is 4.47. The van der Waals surface area contributed by atoms with Crippen LogP contribution in [0.4, 0.5) is 5.69 Å². The standard InChI is InChI=1S/C21H19N3O3S/c1-14-23-17(13-28-14)16-8-6-15(7-9-16)10-22-20(25)11-24-18-4-2-3-5-19(18)27-12-21(24)26/h2-9,13H,10-12H2,1H3,(H,22,25). The summed E-state index contributed by atoms with van der Waals surface area (Å²) in [5.41, 5.74) is 3.62. The van der Waals surface area contributed by atoms with Crippen molar-refractivity contribution in [1.29, 1.82) is 0 Å². The van der Waals surface area contributed by atoms with Gasteiger partial charge in [-0.2, -0.15) is 0 Å². The molecule has 0 saturated carbocycles. The molecule has 1 aliphatic rings. The van der Waals surface area contributed by atoms with Gasteiger partial charge in [-0.15, -0.1) is 11.3 Å². The summed E-state index contributed by atoms with van der Waals surface area (Å²) in [6.45, 7) is 2.29. The number of anilines is 1. The minimum Gasteiger partial charge on any atom is -0.482 e. The van der Waals surface area contributed by atoms with Crippen molar-refractivity contribution in [2.24, 2.45) is 0 Å². The molecule has 0 atom stereocenters. The van der Waals surface area contributed by atoms with E-state index in [0.717, 1.165) is 21.8 Å². The number of aromatic nitrogens is 1. The van der Waals surface area contributed by atoms with Crippen molar-refractivity contribution in [3.05, 3.63) is 64.5 Å². The molecule has 0 aliphatic carbocycles. The van der Waals surface area contributed by atoms with Gasteiger partial charge in [-0.05, 0) is 24.6 Å². The second kappa shape index (κ2) is 7.82. The first-order valence-electron chi connectivity index (χ1n) is 8.90. The van der Waals surface area contributed by atoms with Gasteiger partial charge in [0, 0.05) is 17.5 Å². The maximum absolute atomic E-state index is 12.4. The Hall–Kier alpha value is -3.19. The van der Waals surface area contributed by atoms with Gasteiger partial charge >= 0.3 is 0 Å². The molecule has 4 rings (SSSR count). The normalized spacial score (nSPS) is 13.0. The fourth-order valence-electron chi connectivity index (χ4n) is 3.02. The number of carbonyl (C=O) groups excluding carboxylic acids is 2. The molecule has 0 saturated heterocycles. The third kappa shape index (κ3) is 3.89. The molecule has 0 fully saturated rings. The summed E-state index contributed by atoms with van der Waals surface area (Å²) in [6.07, 6.45) is 0. The van der Waals surface area contributed by atoms with E-state index < -0.39 is 0 Å². The van der Waals surface area contributed by atoms with Gasteiger partial charge in [0.05, 0.1) is 16.4 Å². The van der Waals surface area contributed by atoms with Crippen molar-refractivity contribution in [3.63, 3.8) is 0 Å². The van der Waals surface area contributed by atoms with Crippen LogP contribution in [0.1, 0.15) is 10.6 Å². The van der Waals surface area contributed by atoms with Crippen LogP contribution in [0, 0.1) is 6.92 Å². The number of nitrogens with one attached hydrogen (secondary N) is 1. The van der Waals surface area contributed by atoms with Crippen molar-refractivity contribution >= 4 is 28.8 Å². The number of rotatable bonds is 5. The Bertz CT molecular complexity index is 1010. The van der Waals surface area contributed by atoms with Gasteiger partial charge in [-0.25, -0.2) is 4.98 Å². The topological polar surface area (TPSA) is 71.5 Å². The number of thiazole rings is 1. The molecule has 3 aromatic rings. The largest absolute Gasteiger partial charge is 0.482 e. The molecule has 2 heterocycles. The van der Waals surface area contributed by atoms with Gasteiger partial charge in [0.15, 0.2) is 6.61 Å². The highest BCUT2D eigenvalue weighted by Crippen LogP contribution is 2.31. The third-order valence-corrected chi connectivity index (χ3v) is 5.24. The molecular formula is C21H19N3O3S. The maximum atomic E-state index is 12.4. The number of aryl methyl sites for hydroxylation is 1. The van der Waals surface area contributed by atoms with E-state index in [1.54, 1.807) is 23.5 Å².